The lowest BCUT2D eigenvalue weighted by atomic mass is 10.2. The van der Waals surface area contributed by atoms with Crippen LogP contribution in [-0.2, 0) is 24.4 Å². The molecule has 2 aromatic carbocycles. The minimum Gasteiger partial charge on any atom is -0.324 e. The molecule has 0 saturated heterocycles. The second kappa shape index (κ2) is 8.96. The van der Waals surface area contributed by atoms with Crippen LogP contribution in [0.5, 0.6) is 0 Å². The summed E-state index contributed by atoms with van der Waals surface area (Å²) in [6, 6.07) is 14.8. The molecule has 0 aliphatic heterocycles. The van der Waals surface area contributed by atoms with Crippen LogP contribution in [-0.4, -0.2) is 24.8 Å². The maximum Gasteiger partial charge on any atom is 0.332 e. The highest BCUT2D eigenvalue weighted by molar-refractivity contribution is 9.10. The number of rotatable bonds is 6. The normalized spacial score (nSPS) is 11.1. The van der Waals surface area contributed by atoms with Crippen LogP contribution in [0.1, 0.15) is 18.1 Å². The summed E-state index contributed by atoms with van der Waals surface area (Å²) in [4.78, 5) is 39.2. The summed E-state index contributed by atoms with van der Waals surface area (Å²) in [5.74, 6) is -0.382. The number of nitrogens with one attached hydrogen (secondary N) is 1. The first-order valence-corrected chi connectivity index (χ1v) is 11.0. The molecule has 32 heavy (non-hydrogen) atoms. The molecule has 4 aromatic rings. The van der Waals surface area contributed by atoms with Gasteiger partial charge in [-0.05, 0) is 53.0 Å². The number of aromatic nitrogens is 4. The zero-order valence-corrected chi connectivity index (χ0v) is 19.3. The number of carbonyl (C=O) groups is 1. The Labute approximate surface area is 192 Å². The van der Waals surface area contributed by atoms with Crippen molar-refractivity contribution in [1.82, 2.24) is 18.9 Å². The lowest BCUT2D eigenvalue weighted by Crippen LogP contribution is -2.41. The highest BCUT2D eigenvalue weighted by atomic mass is 79.9. The Kier molecular flexibility index (Phi) is 6.09. The van der Waals surface area contributed by atoms with Crippen LogP contribution >= 0.6 is 15.9 Å². The molecule has 0 bridgehead atoms. The van der Waals surface area contributed by atoms with E-state index in [1.165, 1.54) is 4.57 Å². The van der Waals surface area contributed by atoms with E-state index in [0.29, 0.717) is 17.7 Å². The van der Waals surface area contributed by atoms with Crippen LogP contribution in [0.15, 0.2) is 68.8 Å². The lowest BCUT2D eigenvalue weighted by Gasteiger charge is -2.13. The van der Waals surface area contributed by atoms with Crippen molar-refractivity contribution in [2.45, 2.75) is 33.5 Å². The number of hydrogen-bond acceptors (Lipinski definition) is 4. The van der Waals surface area contributed by atoms with Gasteiger partial charge >= 0.3 is 5.69 Å². The van der Waals surface area contributed by atoms with Gasteiger partial charge in [0.1, 0.15) is 6.54 Å². The first kappa shape index (κ1) is 21.8. The van der Waals surface area contributed by atoms with Gasteiger partial charge in [-0.15, -0.1) is 0 Å². The van der Waals surface area contributed by atoms with E-state index < -0.39 is 11.2 Å². The highest BCUT2D eigenvalue weighted by Crippen LogP contribution is 2.23. The molecule has 0 aliphatic rings. The first-order chi connectivity index (χ1) is 15.4. The Bertz CT molecular complexity index is 1420. The van der Waals surface area contributed by atoms with Crippen LogP contribution in [0.2, 0.25) is 0 Å². The third-order valence-electron chi connectivity index (χ3n) is 5.15. The summed E-state index contributed by atoms with van der Waals surface area (Å²) in [5.41, 5.74) is 1.93. The predicted molar refractivity (Wildman–Crippen MR) is 127 cm³/mol. The zero-order chi connectivity index (χ0) is 22.8. The number of hydrogen-bond donors (Lipinski definition) is 1. The standard InChI is InChI=1S/C23H22BrN5O3/c1-3-27-13-19-21(26-27)22(31)29(12-16-7-5-4-6-8-16)23(32)28(19)14-20(30)25-18-10-9-15(2)11-17(18)24/h4-11,13H,3,12,14H2,1-2H3,(H,25,30). The van der Waals surface area contributed by atoms with E-state index in [0.717, 1.165) is 20.2 Å². The van der Waals surface area contributed by atoms with E-state index in [-0.39, 0.29) is 24.5 Å². The molecule has 0 aliphatic carbocycles. The van der Waals surface area contributed by atoms with Crippen molar-refractivity contribution in [3.05, 3.63) is 91.2 Å². The van der Waals surface area contributed by atoms with Crippen LogP contribution in [0.3, 0.4) is 0 Å². The fourth-order valence-electron chi connectivity index (χ4n) is 3.50. The van der Waals surface area contributed by atoms with Crippen molar-refractivity contribution < 1.29 is 4.79 Å². The molecule has 0 spiro atoms. The van der Waals surface area contributed by atoms with Gasteiger partial charge in [-0.1, -0.05) is 36.4 Å². The molecule has 0 radical (unpaired) electrons. The minimum atomic E-state index is -0.555. The van der Waals surface area contributed by atoms with Gasteiger partial charge in [-0.2, -0.15) is 5.10 Å². The van der Waals surface area contributed by atoms with Gasteiger partial charge in [0.25, 0.3) is 5.56 Å². The van der Waals surface area contributed by atoms with Gasteiger partial charge < -0.3 is 5.32 Å². The third kappa shape index (κ3) is 4.29. The van der Waals surface area contributed by atoms with E-state index in [1.807, 2.05) is 56.3 Å². The van der Waals surface area contributed by atoms with Gasteiger partial charge in [0, 0.05) is 17.2 Å². The third-order valence-corrected chi connectivity index (χ3v) is 5.81. The number of carbonyl (C=O) groups excluding carboxylic acids is 1. The lowest BCUT2D eigenvalue weighted by molar-refractivity contribution is -0.116. The molecule has 2 heterocycles. The quantitative estimate of drug-likeness (QED) is 0.444. The molecule has 164 valence electrons. The number of fused-ring (bicyclic) bond motifs is 1. The maximum absolute atomic E-state index is 13.3. The Hall–Kier alpha value is -3.46. The second-order valence-electron chi connectivity index (χ2n) is 7.50. The smallest absolute Gasteiger partial charge is 0.324 e. The molecular formula is C23H22BrN5O3. The van der Waals surface area contributed by atoms with Gasteiger partial charge in [0.15, 0.2) is 5.52 Å². The second-order valence-corrected chi connectivity index (χ2v) is 8.35. The molecule has 0 saturated carbocycles. The highest BCUT2D eigenvalue weighted by Gasteiger charge is 2.19. The van der Waals surface area contributed by atoms with E-state index in [1.54, 1.807) is 16.9 Å². The largest absolute Gasteiger partial charge is 0.332 e. The summed E-state index contributed by atoms with van der Waals surface area (Å²) >= 11 is 3.44. The summed E-state index contributed by atoms with van der Waals surface area (Å²) < 4.78 is 4.76. The molecule has 0 unspecified atom stereocenters. The molecule has 9 heteroatoms. The molecule has 0 fully saturated rings. The first-order valence-electron chi connectivity index (χ1n) is 10.2. The number of halogens is 1. The summed E-state index contributed by atoms with van der Waals surface area (Å²) in [6.07, 6.45) is 1.63. The van der Waals surface area contributed by atoms with Crippen LogP contribution < -0.4 is 16.6 Å². The zero-order valence-electron chi connectivity index (χ0n) is 17.7. The Morgan fingerprint density at radius 1 is 1.09 bits per heavy atom. The number of amides is 1. The molecular weight excluding hydrogens is 474 g/mol. The fourth-order valence-corrected chi connectivity index (χ4v) is 4.09. The van der Waals surface area contributed by atoms with Crippen molar-refractivity contribution >= 4 is 38.6 Å². The number of anilines is 1. The summed E-state index contributed by atoms with van der Waals surface area (Å²) in [7, 11) is 0. The van der Waals surface area contributed by atoms with Crippen molar-refractivity contribution in [3.8, 4) is 0 Å². The maximum atomic E-state index is 13.3. The van der Waals surface area contributed by atoms with Crippen molar-refractivity contribution in [3.63, 3.8) is 0 Å². The number of benzene rings is 2. The summed E-state index contributed by atoms with van der Waals surface area (Å²) in [5, 5.41) is 7.16. The average molecular weight is 496 g/mol. The molecule has 2 aromatic heterocycles. The molecule has 1 N–H and O–H groups in total. The SMILES string of the molecule is CCn1cc2c(n1)c(=O)n(Cc1ccccc1)c(=O)n2CC(=O)Nc1ccc(C)cc1Br. The molecule has 1 amide bonds. The van der Waals surface area contributed by atoms with Crippen molar-refractivity contribution in [2.75, 3.05) is 5.32 Å². The van der Waals surface area contributed by atoms with Gasteiger partial charge in [-0.3, -0.25) is 23.4 Å². The monoisotopic (exact) mass is 495 g/mol. The molecule has 0 atom stereocenters. The van der Waals surface area contributed by atoms with Crippen molar-refractivity contribution in [1.29, 1.82) is 0 Å². The Morgan fingerprint density at radius 3 is 2.53 bits per heavy atom. The van der Waals surface area contributed by atoms with E-state index in [2.05, 4.69) is 26.3 Å². The van der Waals surface area contributed by atoms with Crippen LogP contribution in [0, 0.1) is 6.92 Å². The van der Waals surface area contributed by atoms with Crippen LogP contribution in [0.25, 0.3) is 11.0 Å². The van der Waals surface area contributed by atoms with Gasteiger partial charge in [0.2, 0.25) is 5.91 Å². The number of aryl methyl sites for hydroxylation is 2. The topological polar surface area (TPSA) is 90.9 Å². The van der Waals surface area contributed by atoms with Gasteiger partial charge in [0.05, 0.1) is 17.7 Å². The number of nitrogens with zero attached hydrogens (tertiary/aromatic N) is 4. The van der Waals surface area contributed by atoms with Crippen LogP contribution in [0.4, 0.5) is 5.69 Å². The molecule has 4 rings (SSSR count). The Morgan fingerprint density at radius 2 is 1.84 bits per heavy atom. The van der Waals surface area contributed by atoms with E-state index in [9.17, 15) is 14.4 Å². The van der Waals surface area contributed by atoms with E-state index in [4.69, 9.17) is 0 Å². The predicted octanol–water partition coefficient (Wildman–Crippen LogP) is 3.14. The Balaban J connectivity index is 1.77. The average Bonchev–Trinajstić information content (AvgIpc) is 3.22. The minimum absolute atomic E-state index is 0.0958. The van der Waals surface area contributed by atoms with Crippen molar-refractivity contribution in [2.24, 2.45) is 0 Å². The molecule has 8 nitrogen and oxygen atoms in total. The summed E-state index contributed by atoms with van der Waals surface area (Å²) in [6.45, 7) is 4.22. The fraction of sp³-hybridized carbons (Fsp3) is 0.217. The van der Waals surface area contributed by atoms with E-state index >= 15 is 0 Å². The van der Waals surface area contributed by atoms with Gasteiger partial charge in [-0.25, -0.2) is 4.79 Å².